The first-order chi connectivity index (χ1) is 15.5. The number of methoxy groups -OCH3 is 2. The summed E-state index contributed by atoms with van der Waals surface area (Å²) in [7, 11) is 5.06. The Kier molecular flexibility index (Phi) is 10.4. The van der Waals surface area contributed by atoms with Crippen LogP contribution < -0.4 is 35.5 Å². The van der Waals surface area contributed by atoms with Gasteiger partial charge in [0.1, 0.15) is 17.2 Å². The number of carbonyl (C=O) groups excluding carboxylic acids is 1. The third-order valence-electron chi connectivity index (χ3n) is 5.19. The number of amides is 1. The van der Waals surface area contributed by atoms with Crippen LogP contribution in [0, 0.1) is 0 Å². The predicted octanol–water partition coefficient (Wildman–Crippen LogP) is 2.13. The number of hydrogen-bond acceptors (Lipinski definition) is 6. The molecule has 0 aromatic heterocycles. The zero-order valence-electron chi connectivity index (χ0n) is 19.2. The summed E-state index contributed by atoms with van der Waals surface area (Å²) in [6.07, 6.45) is 0.983. The Morgan fingerprint density at radius 3 is 2.52 bits per heavy atom. The Hall–Kier alpha value is -2.89. The Morgan fingerprint density at radius 1 is 1.15 bits per heavy atom. The summed E-state index contributed by atoms with van der Waals surface area (Å²) in [5, 5.41) is 6.82. The van der Waals surface area contributed by atoms with Crippen LogP contribution in [0.3, 0.4) is 0 Å². The van der Waals surface area contributed by atoms with E-state index in [9.17, 15) is 4.79 Å². The molecular weight excluding hydrogens is 537 g/mol. The molecule has 1 heterocycles. The molecule has 3 rings (SSSR count). The van der Waals surface area contributed by atoms with Crippen LogP contribution in [0.1, 0.15) is 12.0 Å². The first-order valence-electron chi connectivity index (χ1n) is 10.5. The van der Waals surface area contributed by atoms with Gasteiger partial charge in [0.25, 0.3) is 5.91 Å². The second-order valence-electron chi connectivity index (χ2n) is 7.47. The molecule has 1 amide bonds. The standard InChI is InChI=1S/C23H31N5O4.HI/c1-25-23(26-13-16-5-4-6-19(9-16)32-15-22(24)29)27-17-7-8-28(14-17)18-10-20(30-2)12-21(11-18)31-3;/h4-6,9-12,17H,7-8,13-15H2,1-3H3,(H2,24,29)(H2,25,26,27);1H. The van der Waals surface area contributed by atoms with E-state index in [0.717, 1.165) is 48.2 Å². The van der Waals surface area contributed by atoms with E-state index in [2.05, 4.69) is 20.5 Å². The molecule has 0 saturated carbocycles. The van der Waals surface area contributed by atoms with Gasteiger partial charge in [0, 0.05) is 56.6 Å². The summed E-state index contributed by atoms with van der Waals surface area (Å²) in [6.45, 7) is 2.19. The Morgan fingerprint density at radius 2 is 1.88 bits per heavy atom. The van der Waals surface area contributed by atoms with Gasteiger partial charge in [-0.25, -0.2) is 0 Å². The van der Waals surface area contributed by atoms with Crippen LogP contribution in [0.25, 0.3) is 0 Å². The normalized spacial score (nSPS) is 15.4. The van der Waals surface area contributed by atoms with Gasteiger partial charge in [0.2, 0.25) is 0 Å². The quantitative estimate of drug-likeness (QED) is 0.241. The van der Waals surface area contributed by atoms with Gasteiger partial charge in [0.15, 0.2) is 12.6 Å². The average Bonchev–Trinajstić information content (AvgIpc) is 3.29. The molecule has 1 aliphatic rings. The number of nitrogens with zero attached hydrogens (tertiary/aromatic N) is 2. The summed E-state index contributed by atoms with van der Waals surface area (Å²) in [5.41, 5.74) is 7.21. The number of carbonyl (C=O) groups is 1. The summed E-state index contributed by atoms with van der Waals surface area (Å²) in [6, 6.07) is 13.7. The molecule has 1 saturated heterocycles. The number of hydrogen-bond donors (Lipinski definition) is 3. The lowest BCUT2D eigenvalue weighted by Crippen LogP contribution is -2.44. The highest BCUT2D eigenvalue weighted by Crippen LogP contribution is 2.30. The lowest BCUT2D eigenvalue weighted by Gasteiger charge is -2.21. The van der Waals surface area contributed by atoms with Gasteiger partial charge in [-0.15, -0.1) is 24.0 Å². The van der Waals surface area contributed by atoms with Crippen molar-refractivity contribution in [3.05, 3.63) is 48.0 Å². The number of guanidine groups is 1. The SMILES string of the molecule is CN=C(NCc1cccc(OCC(N)=O)c1)NC1CCN(c2cc(OC)cc(OC)c2)C1.I. The average molecular weight is 569 g/mol. The third kappa shape index (κ3) is 7.88. The number of anilines is 1. The van der Waals surface area contributed by atoms with Crippen molar-refractivity contribution in [3.8, 4) is 17.2 Å². The van der Waals surface area contributed by atoms with Gasteiger partial charge >= 0.3 is 0 Å². The molecule has 10 heteroatoms. The fourth-order valence-corrected chi connectivity index (χ4v) is 3.56. The van der Waals surface area contributed by atoms with E-state index in [1.807, 2.05) is 36.4 Å². The topological polar surface area (TPSA) is 110 Å². The minimum Gasteiger partial charge on any atom is -0.497 e. The number of aliphatic imine (C=N–C) groups is 1. The molecular formula is C23H32IN5O4. The molecule has 1 fully saturated rings. The van der Waals surface area contributed by atoms with Crippen LogP contribution in [0.5, 0.6) is 17.2 Å². The maximum atomic E-state index is 10.9. The smallest absolute Gasteiger partial charge is 0.255 e. The molecule has 2 aromatic carbocycles. The molecule has 33 heavy (non-hydrogen) atoms. The molecule has 1 aliphatic heterocycles. The van der Waals surface area contributed by atoms with Crippen molar-refractivity contribution in [1.29, 1.82) is 0 Å². The Bertz CT molecular complexity index is 934. The molecule has 4 N–H and O–H groups in total. The number of primary amides is 1. The molecule has 0 bridgehead atoms. The van der Waals surface area contributed by atoms with Crippen molar-refractivity contribution >= 4 is 41.5 Å². The van der Waals surface area contributed by atoms with Crippen LogP contribution in [0.2, 0.25) is 0 Å². The fraction of sp³-hybridized carbons (Fsp3) is 0.391. The first-order valence-corrected chi connectivity index (χ1v) is 10.5. The van der Waals surface area contributed by atoms with Crippen LogP contribution in [-0.2, 0) is 11.3 Å². The number of nitrogens with one attached hydrogen (secondary N) is 2. The molecule has 180 valence electrons. The molecule has 1 atom stereocenters. The highest BCUT2D eigenvalue weighted by atomic mass is 127. The van der Waals surface area contributed by atoms with Gasteiger partial charge in [-0.05, 0) is 24.1 Å². The van der Waals surface area contributed by atoms with E-state index in [1.165, 1.54) is 0 Å². The van der Waals surface area contributed by atoms with Crippen LogP contribution in [0.15, 0.2) is 47.5 Å². The number of ether oxygens (including phenoxy) is 3. The van der Waals surface area contributed by atoms with Crippen molar-refractivity contribution in [1.82, 2.24) is 10.6 Å². The maximum Gasteiger partial charge on any atom is 0.255 e. The Labute approximate surface area is 211 Å². The van der Waals surface area contributed by atoms with Crippen LogP contribution >= 0.6 is 24.0 Å². The number of rotatable bonds is 9. The number of nitrogens with two attached hydrogens (primary N) is 1. The van der Waals surface area contributed by atoms with E-state index in [4.69, 9.17) is 19.9 Å². The first kappa shape index (κ1) is 26.4. The second kappa shape index (κ2) is 13.0. The lowest BCUT2D eigenvalue weighted by atomic mass is 10.2. The van der Waals surface area contributed by atoms with Crippen molar-refractivity contribution in [2.24, 2.45) is 10.7 Å². The largest absolute Gasteiger partial charge is 0.497 e. The van der Waals surface area contributed by atoms with Gasteiger partial charge in [0.05, 0.1) is 14.2 Å². The van der Waals surface area contributed by atoms with Gasteiger partial charge in [-0.3, -0.25) is 9.79 Å². The highest BCUT2D eigenvalue weighted by Gasteiger charge is 2.24. The van der Waals surface area contributed by atoms with Crippen molar-refractivity contribution in [2.75, 3.05) is 45.9 Å². The van der Waals surface area contributed by atoms with Gasteiger partial charge < -0.3 is 35.5 Å². The minimum absolute atomic E-state index is 0. The lowest BCUT2D eigenvalue weighted by molar-refractivity contribution is -0.119. The van der Waals surface area contributed by atoms with E-state index in [-0.39, 0.29) is 36.6 Å². The van der Waals surface area contributed by atoms with Crippen molar-refractivity contribution in [3.63, 3.8) is 0 Å². The van der Waals surface area contributed by atoms with Crippen molar-refractivity contribution < 1.29 is 19.0 Å². The summed E-state index contributed by atoms with van der Waals surface area (Å²) >= 11 is 0. The molecule has 1 unspecified atom stereocenters. The van der Waals surface area contributed by atoms with Crippen LogP contribution in [-0.4, -0.2) is 58.9 Å². The Balaban J connectivity index is 0.00000385. The summed E-state index contributed by atoms with van der Waals surface area (Å²) < 4.78 is 16.1. The molecule has 0 aliphatic carbocycles. The van der Waals surface area contributed by atoms with E-state index >= 15 is 0 Å². The molecule has 9 nitrogen and oxygen atoms in total. The van der Waals surface area contributed by atoms with Crippen LogP contribution in [0.4, 0.5) is 5.69 Å². The predicted molar refractivity (Wildman–Crippen MR) is 140 cm³/mol. The molecule has 2 aromatic rings. The second-order valence-corrected chi connectivity index (χ2v) is 7.47. The third-order valence-corrected chi connectivity index (χ3v) is 5.19. The maximum absolute atomic E-state index is 10.9. The van der Waals surface area contributed by atoms with E-state index in [0.29, 0.717) is 12.3 Å². The molecule has 0 radical (unpaired) electrons. The number of benzene rings is 2. The van der Waals surface area contributed by atoms with Gasteiger partial charge in [-0.2, -0.15) is 0 Å². The summed E-state index contributed by atoms with van der Waals surface area (Å²) in [4.78, 5) is 17.5. The van der Waals surface area contributed by atoms with Crippen molar-refractivity contribution in [2.45, 2.75) is 19.0 Å². The number of halogens is 1. The summed E-state index contributed by atoms with van der Waals surface area (Å²) in [5.74, 6) is 2.37. The highest BCUT2D eigenvalue weighted by molar-refractivity contribution is 14.0. The van der Waals surface area contributed by atoms with E-state index < -0.39 is 5.91 Å². The molecule has 0 spiro atoms. The monoisotopic (exact) mass is 569 g/mol. The zero-order valence-corrected chi connectivity index (χ0v) is 21.5. The fourth-order valence-electron chi connectivity index (χ4n) is 3.56. The van der Waals surface area contributed by atoms with Gasteiger partial charge in [-0.1, -0.05) is 12.1 Å². The van der Waals surface area contributed by atoms with E-state index in [1.54, 1.807) is 27.3 Å². The zero-order chi connectivity index (χ0) is 22.9. The minimum atomic E-state index is -0.504.